The van der Waals surface area contributed by atoms with Gasteiger partial charge >= 0.3 is 0 Å². The highest BCUT2D eigenvalue weighted by Gasteiger charge is 2.41. The maximum absolute atomic E-state index is 5.19. The van der Waals surface area contributed by atoms with Crippen LogP contribution in [0.5, 0.6) is 0 Å². The minimum Gasteiger partial charge on any atom is -0.309 e. The number of para-hydroxylation sites is 4. The summed E-state index contributed by atoms with van der Waals surface area (Å²) in [6.07, 6.45) is 8.94. The third kappa shape index (κ3) is 12.8. The van der Waals surface area contributed by atoms with Crippen LogP contribution in [0.25, 0.3) is 200 Å². The Labute approximate surface area is 788 Å². The van der Waals surface area contributed by atoms with E-state index in [9.17, 15) is 0 Å². The molecular formula is C125H93N11. The summed E-state index contributed by atoms with van der Waals surface area (Å²) in [5.41, 5.74) is 41.1. The molecule has 0 amide bonds. The molecule has 11 nitrogen and oxygen atoms in total. The lowest BCUT2D eigenvalue weighted by Crippen LogP contribution is -2.15. The molecule has 8 heterocycles. The number of hydrogen-bond donors (Lipinski definition) is 0. The Bertz CT molecular complexity index is 8310. The molecular weight excluding hydrogens is 1660 g/mol. The molecule has 0 saturated carbocycles. The monoisotopic (exact) mass is 1750 g/mol. The maximum Gasteiger partial charge on any atom is 0.235 e. The Morgan fingerprint density at radius 3 is 0.787 bits per heavy atom. The largest absolute Gasteiger partial charge is 0.309 e. The Morgan fingerprint density at radius 1 is 0.191 bits per heavy atom. The van der Waals surface area contributed by atoms with E-state index in [1.165, 1.54) is 154 Å². The summed E-state index contributed by atoms with van der Waals surface area (Å²) >= 11 is 0. The van der Waals surface area contributed by atoms with E-state index < -0.39 is 0 Å². The highest BCUT2D eigenvalue weighted by molar-refractivity contribution is 6.16. The molecule has 0 aliphatic heterocycles. The number of aromatic nitrogens is 11. The molecule has 0 atom stereocenters. The van der Waals surface area contributed by atoms with Crippen molar-refractivity contribution in [1.82, 2.24) is 53.2 Å². The molecule has 648 valence electrons. The van der Waals surface area contributed by atoms with Gasteiger partial charge in [0.25, 0.3) is 0 Å². The fraction of sp³-hybridized carbons (Fsp3) is 0.0960. The molecule has 0 bridgehead atoms. The van der Waals surface area contributed by atoms with Gasteiger partial charge in [-0.15, -0.1) is 0 Å². The van der Waals surface area contributed by atoms with Crippen molar-refractivity contribution in [2.24, 2.45) is 0 Å². The van der Waals surface area contributed by atoms with Crippen molar-refractivity contribution in [3.8, 4) is 113 Å². The van der Waals surface area contributed by atoms with E-state index in [1.807, 2.05) is 30.6 Å². The number of pyridine rings is 1. The maximum atomic E-state index is 5.19. The van der Waals surface area contributed by atoms with E-state index in [4.69, 9.17) is 15.0 Å². The average molecular weight is 1750 g/mol. The molecule has 16 aromatic carbocycles. The van der Waals surface area contributed by atoms with Crippen molar-refractivity contribution in [3.63, 3.8) is 0 Å². The van der Waals surface area contributed by atoms with Crippen molar-refractivity contribution in [2.45, 2.75) is 77.0 Å². The summed E-state index contributed by atoms with van der Waals surface area (Å²) in [6, 6.07) is 139. The summed E-state index contributed by atoms with van der Waals surface area (Å²) < 4.78 is 9.15. The molecule has 8 aromatic heterocycles. The van der Waals surface area contributed by atoms with Gasteiger partial charge in [0.2, 0.25) is 11.9 Å². The van der Waals surface area contributed by atoms with Crippen LogP contribution in [0.2, 0.25) is 0 Å². The van der Waals surface area contributed by atoms with E-state index in [1.54, 1.807) is 18.7 Å². The summed E-state index contributed by atoms with van der Waals surface area (Å²) in [7, 11) is 0. The normalized spacial score (nSPS) is 13.8. The predicted molar refractivity (Wildman–Crippen MR) is 560 cm³/mol. The van der Waals surface area contributed by atoms with Gasteiger partial charge in [-0.05, 0) is 186 Å². The first kappa shape index (κ1) is 81.1. The van der Waals surface area contributed by atoms with Gasteiger partial charge in [-0.25, -0.2) is 34.9 Å². The van der Waals surface area contributed by atoms with Gasteiger partial charge in [-0.2, -0.15) is 0 Å². The lowest BCUT2D eigenvalue weighted by molar-refractivity contribution is 0.660. The van der Waals surface area contributed by atoms with Crippen LogP contribution in [-0.2, 0) is 21.7 Å². The number of fused-ring (bicyclic) bond motifs is 24. The van der Waals surface area contributed by atoms with E-state index in [2.05, 4.69) is 464 Å². The van der Waals surface area contributed by atoms with Crippen LogP contribution >= 0.6 is 0 Å². The predicted octanol–water partition coefficient (Wildman–Crippen LogP) is 30.8. The summed E-state index contributed by atoms with van der Waals surface area (Å²) in [4.78, 5) is 33.1. The van der Waals surface area contributed by atoms with Crippen LogP contribution < -0.4 is 0 Å². The number of rotatable bonds is 8. The van der Waals surface area contributed by atoms with Gasteiger partial charge in [0.05, 0.1) is 90.7 Å². The van der Waals surface area contributed by atoms with Crippen molar-refractivity contribution >= 4 is 87.2 Å². The van der Waals surface area contributed by atoms with Gasteiger partial charge in [0, 0.05) is 99.4 Å². The quantitative estimate of drug-likeness (QED) is 0.149. The standard InChI is InChI=1S/C38H28N2.C37H27N3.2C25H19N3/c1-38(2)32-19-11-9-17-28(32)30-23-31-29-18-10-12-20-36(29)40(37(31)24-33(30)38)27-21-34(25-13-5-3-6-14-25)39-35(22-27)26-15-7-4-8-16-26;1-37(2)30-19-11-9-17-26(30)28-21-29-27-18-10-12-20-34(27)40(35(29)22-31(28)37)36-38-32(24-13-5-3-6-14-24)23-33(39-36)25-15-7-4-8-16-25;1-25(2)20-10-5-3-8-16(20)18-14-19-17-9-4-6-11-22(17)28(23(19)15-21(18)25)24-26-12-7-13-27-24;1-25(2)21-9-5-3-7-17(21)19-11-20-18-8-4-6-10-23(18)28(24(20)12-22(19)25)16-13-26-15-27-14-16/h3-24H,1-2H3;3-23H,1-2H3;2*3-15H,1-2H3. The third-order valence-corrected chi connectivity index (χ3v) is 29.3. The van der Waals surface area contributed by atoms with Gasteiger partial charge < -0.3 is 9.13 Å². The van der Waals surface area contributed by atoms with Crippen LogP contribution in [0.1, 0.15) is 99.9 Å². The second kappa shape index (κ2) is 31.4. The van der Waals surface area contributed by atoms with Crippen molar-refractivity contribution < 1.29 is 0 Å². The zero-order valence-corrected chi connectivity index (χ0v) is 76.8. The number of hydrogen-bond acceptors (Lipinski definition) is 7. The van der Waals surface area contributed by atoms with E-state index in [-0.39, 0.29) is 21.7 Å². The molecule has 136 heavy (non-hydrogen) atoms. The molecule has 4 aliphatic rings. The average Bonchev–Trinajstić information content (AvgIpc) is 1.56. The molecule has 0 spiro atoms. The number of benzene rings is 16. The van der Waals surface area contributed by atoms with Crippen LogP contribution in [0.3, 0.4) is 0 Å². The SMILES string of the molecule is CC1(C)c2ccccc2-c2cc3c4ccccc4n(-c4cc(-c5ccccc5)nc(-c5ccccc5)c4)c3cc21.CC1(C)c2ccccc2-c2cc3c4ccccc4n(-c4cncnc4)c3cc21.CC1(C)c2ccccc2-c2cc3c4ccccc4n(-c4nc(-c5ccccc5)cc(-c5ccccc5)n4)c3cc21.CC1(C)c2ccccc2-c2cc3c4ccccc4n(-c4ncccn4)c3cc21. The highest BCUT2D eigenvalue weighted by atomic mass is 15.2. The van der Waals surface area contributed by atoms with E-state index in [0.717, 1.165) is 78.5 Å². The molecule has 24 aromatic rings. The molecule has 28 rings (SSSR count). The zero-order chi connectivity index (χ0) is 91.5. The fourth-order valence-electron chi connectivity index (χ4n) is 22.7. The Balaban J connectivity index is 0.0000000979. The van der Waals surface area contributed by atoms with Gasteiger partial charge in [-0.3, -0.25) is 9.13 Å². The molecule has 0 radical (unpaired) electrons. The van der Waals surface area contributed by atoms with Crippen LogP contribution in [0.15, 0.2) is 419 Å². The lowest BCUT2D eigenvalue weighted by Gasteiger charge is -2.21. The van der Waals surface area contributed by atoms with Crippen LogP contribution in [0, 0.1) is 0 Å². The second-order valence-electron chi connectivity index (χ2n) is 38.4. The van der Waals surface area contributed by atoms with Crippen LogP contribution in [-0.4, -0.2) is 53.2 Å². The van der Waals surface area contributed by atoms with Crippen molar-refractivity contribution in [3.05, 3.63) is 464 Å². The molecule has 0 saturated heterocycles. The topological polar surface area (TPSA) is 110 Å². The minimum atomic E-state index is -0.0939. The van der Waals surface area contributed by atoms with Gasteiger partial charge in [0.15, 0.2) is 0 Å². The highest BCUT2D eigenvalue weighted by Crippen LogP contribution is 2.57. The van der Waals surface area contributed by atoms with Crippen molar-refractivity contribution in [2.75, 3.05) is 0 Å². The first-order valence-electron chi connectivity index (χ1n) is 46.9. The summed E-state index contributed by atoms with van der Waals surface area (Å²) in [5.74, 6) is 1.39. The van der Waals surface area contributed by atoms with E-state index in [0.29, 0.717) is 11.9 Å². The number of nitrogens with zero attached hydrogens (tertiary/aromatic N) is 11. The smallest absolute Gasteiger partial charge is 0.235 e. The second-order valence-corrected chi connectivity index (χ2v) is 38.4. The Kier molecular flexibility index (Phi) is 18.7. The molecule has 11 heteroatoms. The summed E-state index contributed by atoms with van der Waals surface area (Å²) in [5, 5.41) is 9.97. The molecule has 0 unspecified atom stereocenters. The fourth-order valence-corrected chi connectivity index (χ4v) is 22.7. The van der Waals surface area contributed by atoms with E-state index >= 15 is 0 Å². The molecule has 0 N–H and O–H groups in total. The third-order valence-electron chi connectivity index (χ3n) is 29.3. The molecule has 4 aliphatic carbocycles. The lowest BCUT2D eigenvalue weighted by atomic mass is 9.82. The van der Waals surface area contributed by atoms with Gasteiger partial charge in [-0.1, -0.05) is 347 Å². The molecule has 0 fully saturated rings. The van der Waals surface area contributed by atoms with Crippen molar-refractivity contribution in [1.29, 1.82) is 0 Å². The first-order valence-corrected chi connectivity index (χ1v) is 46.9. The Morgan fingerprint density at radius 2 is 0.456 bits per heavy atom. The van der Waals surface area contributed by atoms with Gasteiger partial charge in [0.1, 0.15) is 6.33 Å². The Hall–Kier alpha value is -16.9. The summed E-state index contributed by atoms with van der Waals surface area (Å²) in [6.45, 7) is 18.6. The van der Waals surface area contributed by atoms with Crippen LogP contribution in [0.4, 0.5) is 0 Å². The first-order chi connectivity index (χ1) is 66.5. The minimum absolute atomic E-state index is 0.0193. The zero-order valence-electron chi connectivity index (χ0n) is 76.8.